The van der Waals surface area contributed by atoms with E-state index >= 15 is 0 Å². The van der Waals surface area contributed by atoms with Gasteiger partial charge in [0.25, 0.3) is 0 Å². The van der Waals surface area contributed by atoms with E-state index in [0.29, 0.717) is 11.4 Å². The second-order valence-corrected chi connectivity index (χ2v) is 3.97. The second kappa shape index (κ2) is 5.39. The van der Waals surface area contributed by atoms with Gasteiger partial charge < -0.3 is 5.32 Å². The number of nitrogens with one attached hydrogen (secondary N) is 2. The van der Waals surface area contributed by atoms with Crippen molar-refractivity contribution in [3.05, 3.63) is 47.8 Å². The molecular weight excluding hydrogens is 235 g/mol. The molecule has 0 saturated carbocycles. The van der Waals surface area contributed by atoms with Crippen LogP contribution in [0, 0.1) is 5.82 Å². The van der Waals surface area contributed by atoms with E-state index in [2.05, 4.69) is 20.5 Å². The summed E-state index contributed by atoms with van der Waals surface area (Å²) < 4.78 is 12.9. The second-order valence-electron chi connectivity index (χ2n) is 3.97. The topological polar surface area (TPSA) is 70.7 Å². The van der Waals surface area contributed by atoms with Crippen LogP contribution in [0.2, 0.25) is 0 Å². The van der Waals surface area contributed by atoms with E-state index in [4.69, 9.17) is 0 Å². The minimum atomic E-state index is -0.344. The minimum absolute atomic E-state index is 0.135. The Bertz CT molecular complexity index is 527. The maximum absolute atomic E-state index is 12.9. The van der Waals surface area contributed by atoms with Crippen LogP contribution in [-0.4, -0.2) is 21.1 Å². The number of hydrogen-bond acceptors (Lipinski definition) is 3. The first-order valence-electron chi connectivity index (χ1n) is 5.54. The molecule has 1 atom stereocenters. The number of halogens is 1. The van der Waals surface area contributed by atoms with Crippen molar-refractivity contribution in [1.29, 1.82) is 0 Å². The van der Waals surface area contributed by atoms with Gasteiger partial charge in [0.1, 0.15) is 18.0 Å². The maximum atomic E-state index is 12.9. The molecule has 1 amide bonds. The van der Waals surface area contributed by atoms with Crippen molar-refractivity contribution in [2.45, 2.75) is 19.4 Å². The number of benzene rings is 1. The number of carbonyl (C=O) groups excluding carboxylic acids is 1. The summed E-state index contributed by atoms with van der Waals surface area (Å²) in [6.07, 6.45) is 1.51. The highest BCUT2D eigenvalue weighted by atomic mass is 19.1. The number of hydrogen-bond donors (Lipinski definition) is 2. The fourth-order valence-electron chi connectivity index (χ4n) is 1.62. The molecule has 0 radical (unpaired) electrons. The van der Waals surface area contributed by atoms with Gasteiger partial charge in [0.15, 0.2) is 0 Å². The van der Waals surface area contributed by atoms with Gasteiger partial charge >= 0.3 is 0 Å². The standard InChI is InChI=1S/C12H13FN4O/c1-8(12-14-7-15-17-12)16-11(18)6-9-3-2-4-10(13)5-9/h2-5,7-8H,6H2,1H3,(H,16,18)(H,14,15,17). The Morgan fingerprint density at radius 1 is 1.56 bits per heavy atom. The first kappa shape index (κ1) is 12.2. The predicted octanol–water partition coefficient (Wildman–Crippen LogP) is 1.36. The molecule has 0 bridgehead atoms. The molecule has 2 rings (SSSR count). The highest BCUT2D eigenvalue weighted by molar-refractivity contribution is 5.78. The normalized spacial score (nSPS) is 12.1. The molecule has 18 heavy (non-hydrogen) atoms. The van der Waals surface area contributed by atoms with Crippen LogP contribution in [0.3, 0.4) is 0 Å². The molecule has 0 saturated heterocycles. The van der Waals surface area contributed by atoms with Crippen LogP contribution in [0.1, 0.15) is 24.4 Å². The summed E-state index contributed by atoms with van der Waals surface area (Å²) in [4.78, 5) is 15.7. The van der Waals surface area contributed by atoms with Crippen molar-refractivity contribution in [3.8, 4) is 0 Å². The van der Waals surface area contributed by atoms with E-state index < -0.39 is 0 Å². The fraction of sp³-hybridized carbons (Fsp3) is 0.250. The molecule has 0 spiro atoms. The Hall–Kier alpha value is -2.24. The van der Waals surface area contributed by atoms with Crippen molar-refractivity contribution in [2.24, 2.45) is 0 Å². The average molecular weight is 248 g/mol. The SMILES string of the molecule is CC(NC(=O)Cc1cccc(F)c1)c1ncn[nH]1. The molecular formula is C12H13FN4O. The monoisotopic (exact) mass is 248 g/mol. The van der Waals surface area contributed by atoms with Crippen LogP contribution in [0.25, 0.3) is 0 Å². The lowest BCUT2D eigenvalue weighted by Crippen LogP contribution is -2.28. The van der Waals surface area contributed by atoms with Crippen LogP contribution < -0.4 is 5.32 Å². The zero-order valence-corrected chi connectivity index (χ0v) is 9.85. The molecule has 1 aromatic carbocycles. The third-order valence-electron chi connectivity index (χ3n) is 2.48. The number of rotatable bonds is 4. The number of amides is 1. The Balaban J connectivity index is 1.93. The number of H-pyrrole nitrogens is 1. The Morgan fingerprint density at radius 2 is 2.39 bits per heavy atom. The van der Waals surface area contributed by atoms with Crippen molar-refractivity contribution in [3.63, 3.8) is 0 Å². The first-order chi connectivity index (χ1) is 8.65. The quantitative estimate of drug-likeness (QED) is 0.858. The highest BCUT2D eigenvalue weighted by Crippen LogP contribution is 2.07. The first-order valence-corrected chi connectivity index (χ1v) is 5.54. The molecule has 0 fully saturated rings. The van der Waals surface area contributed by atoms with Crippen molar-refractivity contribution in [2.75, 3.05) is 0 Å². The van der Waals surface area contributed by atoms with E-state index in [-0.39, 0.29) is 24.2 Å². The summed E-state index contributed by atoms with van der Waals surface area (Å²) in [5.74, 6) is 0.0516. The molecule has 2 aromatic rings. The van der Waals surface area contributed by atoms with Crippen LogP contribution in [0.5, 0.6) is 0 Å². The Morgan fingerprint density at radius 3 is 3.06 bits per heavy atom. The molecule has 6 heteroatoms. The molecule has 5 nitrogen and oxygen atoms in total. The molecule has 0 aliphatic heterocycles. The third kappa shape index (κ3) is 3.13. The lowest BCUT2D eigenvalue weighted by molar-refractivity contribution is -0.121. The minimum Gasteiger partial charge on any atom is -0.346 e. The van der Waals surface area contributed by atoms with Crippen LogP contribution >= 0.6 is 0 Å². The van der Waals surface area contributed by atoms with E-state index in [1.54, 1.807) is 19.1 Å². The predicted molar refractivity (Wildman–Crippen MR) is 63.0 cm³/mol. The van der Waals surface area contributed by atoms with Gasteiger partial charge in [-0.2, -0.15) is 5.10 Å². The summed E-state index contributed by atoms with van der Waals surface area (Å²) in [5.41, 5.74) is 0.636. The van der Waals surface area contributed by atoms with Gasteiger partial charge in [-0.15, -0.1) is 0 Å². The van der Waals surface area contributed by atoms with Crippen molar-refractivity contribution < 1.29 is 9.18 Å². The molecule has 94 valence electrons. The number of aromatic nitrogens is 3. The zero-order valence-electron chi connectivity index (χ0n) is 9.85. The van der Waals surface area contributed by atoms with Gasteiger partial charge in [0.05, 0.1) is 12.5 Å². The Kier molecular flexibility index (Phi) is 3.66. The summed E-state index contributed by atoms with van der Waals surface area (Å²) >= 11 is 0. The summed E-state index contributed by atoms with van der Waals surface area (Å²) in [6.45, 7) is 1.80. The van der Waals surface area contributed by atoms with E-state index in [1.165, 1.54) is 18.5 Å². The molecule has 2 N–H and O–H groups in total. The van der Waals surface area contributed by atoms with E-state index in [1.807, 2.05) is 0 Å². The van der Waals surface area contributed by atoms with Gasteiger partial charge in [-0.1, -0.05) is 12.1 Å². The number of nitrogens with zero attached hydrogens (tertiary/aromatic N) is 2. The summed E-state index contributed by atoms with van der Waals surface area (Å²) in [5, 5.41) is 9.14. The lowest BCUT2D eigenvalue weighted by Gasteiger charge is -2.10. The molecule has 0 aliphatic rings. The highest BCUT2D eigenvalue weighted by Gasteiger charge is 2.12. The molecule has 1 unspecified atom stereocenters. The smallest absolute Gasteiger partial charge is 0.225 e. The average Bonchev–Trinajstić information content (AvgIpc) is 2.81. The van der Waals surface area contributed by atoms with Gasteiger partial charge in [-0.25, -0.2) is 9.37 Å². The summed E-state index contributed by atoms with van der Waals surface area (Å²) in [6, 6.07) is 5.73. The number of aromatic amines is 1. The third-order valence-corrected chi connectivity index (χ3v) is 2.48. The molecule has 1 heterocycles. The van der Waals surface area contributed by atoms with Crippen LogP contribution in [0.15, 0.2) is 30.6 Å². The van der Waals surface area contributed by atoms with E-state index in [0.717, 1.165) is 0 Å². The van der Waals surface area contributed by atoms with Crippen molar-refractivity contribution in [1.82, 2.24) is 20.5 Å². The largest absolute Gasteiger partial charge is 0.346 e. The zero-order chi connectivity index (χ0) is 13.0. The molecule has 0 aliphatic carbocycles. The lowest BCUT2D eigenvalue weighted by atomic mass is 10.1. The fourth-order valence-corrected chi connectivity index (χ4v) is 1.62. The van der Waals surface area contributed by atoms with Gasteiger partial charge in [0.2, 0.25) is 5.91 Å². The maximum Gasteiger partial charge on any atom is 0.225 e. The van der Waals surface area contributed by atoms with Crippen LogP contribution in [-0.2, 0) is 11.2 Å². The number of carbonyl (C=O) groups is 1. The van der Waals surface area contributed by atoms with E-state index in [9.17, 15) is 9.18 Å². The Labute approximate surface area is 103 Å². The van der Waals surface area contributed by atoms with Crippen molar-refractivity contribution >= 4 is 5.91 Å². The van der Waals surface area contributed by atoms with Crippen LogP contribution in [0.4, 0.5) is 4.39 Å². The summed E-state index contributed by atoms with van der Waals surface area (Å²) in [7, 11) is 0. The molecule has 1 aromatic heterocycles. The van der Waals surface area contributed by atoms with Gasteiger partial charge in [0, 0.05) is 0 Å². The van der Waals surface area contributed by atoms with Gasteiger partial charge in [-0.3, -0.25) is 9.89 Å². The van der Waals surface area contributed by atoms with Gasteiger partial charge in [-0.05, 0) is 24.6 Å².